The van der Waals surface area contributed by atoms with Crippen molar-refractivity contribution < 1.29 is 56.1 Å². The first-order valence-corrected chi connectivity index (χ1v) is 25.5. The summed E-state index contributed by atoms with van der Waals surface area (Å²) in [5, 5.41) is 26.1. The van der Waals surface area contributed by atoms with E-state index in [2.05, 4.69) is 15.5 Å². The minimum Gasteiger partial charge on any atom is -0.479 e. The number of fused-ring (bicyclic) bond motifs is 1. The number of sulfonamides is 1. The number of carboxylic acid groups (broad SMARTS) is 2. The standard InChI is InChI=1S/C49H46ClFN6O11S2/c1-49(2)22-29(52-30-20-27(19-28(51)21-30)43-41(50)42(67-23-39(59)60)44(69-43)47(63)64)14-17-56(49)70(65,66)24-25-6-8-34-37(18-25)68-48(53-34)55-15-12-26(13-16-55)31-7-9-35-40-32(31)4-3-5-33(40)46(62)57(35)36-10-11-38(58)54-45(36)61/h3-9,18-21,26,29,36,52H,10-17,22-24H2,1-2H3,(H,59,60)(H,63,64)(H,54,58,61). The number of imide groups is 1. The van der Waals surface area contributed by atoms with Crippen molar-refractivity contribution in [2.45, 2.75) is 81.7 Å². The Bertz CT molecular complexity index is 3300. The predicted octanol–water partition coefficient (Wildman–Crippen LogP) is 8.00. The van der Waals surface area contributed by atoms with Gasteiger partial charge in [0.05, 0.1) is 16.3 Å². The highest BCUT2D eigenvalue weighted by Gasteiger charge is 2.43. The summed E-state index contributed by atoms with van der Waals surface area (Å²) in [4.78, 5) is 69.6. The van der Waals surface area contributed by atoms with Gasteiger partial charge in [0.1, 0.15) is 22.4 Å². The molecule has 3 fully saturated rings. The van der Waals surface area contributed by atoms with E-state index in [1.165, 1.54) is 21.3 Å². The molecular weight excluding hydrogens is 967 g/mol. The van der Waals surface area contributed by atoms with E-state index in [1.54, 1.807) is 30.3 Å². The average molecular weight is 1010 g/mol. The Morgan fingerprint density at radius 3 is 2.53 bits per heavy atom. The molecule has 4 aliphatic rings. The molecule has 21 heteroatoms. The van der Waals surface area contributed by atoms with Crippen LogP contribution in [-0.4, -0.2) is 101 Å². The Morgan fingerprint density at radius 2 is 1.80 bits per heavy atom. The highest BCUT2D eigenvalue weighted by Crippen LogP contribution is 2.47. The molecule has 6 aromatic rings. The van der Waals surface area contributed by atoms with Gasteiger partial charge in [0.25, 0.3) is 11.9 Å². The van der Waals surface area contributed by atoms with Crippen LogP contribution in [0.1, 0.15) is 89.4 Å². The first kappa shape index (κ1) is 47.1. The molecule has 0 aliphatic carbocycles. The summed E-state index contributed by atoms with van der Waals surface area (Å²) in [6.45, 7) is 4.33. The molecule has 4 N–H and O–H groups in total. The van der Waals surface area contributed by atoms with Crippen molar-refractivity contribution >= 4 is 102 Å². The number of anilines is 3. The van der Waals surface area contributed by atoms with Crippen molar-refractivity contribution in [2.75, 3.05) is 41.4 Å². The summed E-state index contributed by atoms with van der Waals surface area (Å²) in [6.07, 6.45) is 2.77. The lowest BCUT2D eigenvalue weighted by Gasteiger charge is -2.45. The maximum Gasteiger partial charge on any atom is 0.349 e. The SMILES string of the molecule is CC1(C)CC(Nc2cc(F)cc(-c3sc(C(=O)O)c(OCC(=O)O)c3Cl)c2)CCN1S(=O)(=O)Cc1ccc2nc(N3CCC(c4ccc5c6c(cccc46)C(=O)N5C4CCC(=O)NC4=O)CC3)oc2c1. The minimum atomic E-state index is -3.85. The number of halogens is 2. The fourth-order valence-corrected chi connectivity index (χ4v) is 13.9. The average Bonchev–Trinajstić information content (AvgIpc) is 3.97. The van der Waals surface area contributed by atoms with E-state index in [0.29, 0.717) is 65.5 Å². The van der Waals surface area contributed by atoms with Gasteiger partial charge < -0.3 is 29.6 Å². The van der Waals surface area contributed by atoms with Crippen LogP contribution in [0, 0.1) is 5.82 Å². The lowest BCUT2D eigenvalue weighted by Crippen LogP contribution is -2.55. The van der Waals surface area contributed by atoms with Crippen LogP contribution < -0.4 is 25.2 Å². The number of carboxylic acids is 2. The number of ether oxygens (including phenoxy) is 1. The van der Waals surface area contributed by atoms with Gasteiger partial charge >= 0.3 is 11.9 Å². The molecule has 4 aliphatic heterocycles. The summed E-state index contributed by atoms with van der Waals surface area (Å²) < 4.78 is 56.3. The van der Waals surface area contributed by atoms with Crippen LogP contribution in [0.15, 0.2) is 71.1 Å². The van der Waals surface area contributed by atoms with Gasteiger partial charge in [-0.15, -0.1) is 11.3 Å². The monoisotopic (exact) mass is 1010 g/mol. The second kappa shape index (κ2) is 18.0. The van der Waals surface area contributed by atoms with Gasteiger partial charge in [0, 0.05) is 54.3 Å². The quantitative estimate of drug-likeness (QED) is 0.0804. The lowest BCUT2D eigenvalue weighted by molar-refractivity contribution is -0.139. The Hall–Kier alpha value is -6.61. The number of aliphatic carboxylic acids is 1. The fraction of sp³-hybridized carbons (Fsp3) is 0.347. The number of aromatic nitrogens is 1. The number of carbonyl (C=O) groups is 5. The Kier molecular flexibility index (Phi) is 12.1. The number of rotatable bonds is 13. The molecule has 0 bridgehead atoms. The summed E-state index contributed by atoms with van der Waals surface area (Å²) in [6, 6.07) is 18.3. The number of thiophene rings is 1. The molecule has 0 saturated carbocycles. The van der Waals surface area contributed by atoms with Gasteiger partial charge in [-0.05, 0) is 116 Å². The summed E-state index contributed by atoms with van der Waals surface area (Å²) in [5.74, 6) is -4.81. The number of hydrogen-bond donors (Lipinski definition) is 4. The third kappa shape index (κ3) is 8.70. The van der Waals surface area contributed by atoms with Crippen LogP contribution >= 0.6 is 22.9 Å². The molecule has 2 atom stereocenters. The number of amides is 3. The Labute approximate surface area is 409 Å². The van der Waals surface area contributed by atoms with Crippen LogP contribution in [0.2, 0.25) is 5.02 Å². The number of nitrogens with zero attached hydrogens (tertiary/aromatic N) is 4. The Morgan fingerprint density at radius 1 is 1.01 bits per heavy atom. The van der Waals surface area contributed by atoms with Crippen molar-refractivity contribution in [1.82, 2.24) is 14.6 Å². The molecule has 2 unspecified atom stereocenters. The molecule has 17 nitrogen and oxygen atoms in total. The second-order valence-corrected chi connectivity index (χ2v) is 22.0. The number of benzene rings is 4. The van der Waals surface area contributed by atoms with E-state index in [-0.39, 0.29) is 75.0 Å². The molecule has 3 amide bonds. The van der Waals surface area contributed by atoms with Gasteiger partial charge in [-0.25, -0.2) is 22.4 Å². The summed E-state index contributed by atoms with van der Waals surface area (Å²) >= 11 is 7.20. The van der Waals surface area contributed by atoms with E-state index < -0.39 is 51.9 Å². The number of nitrogens with one attached hydrogen (secondary N) is 2. The Balaban J connectivity index is 0.784. The molecule has 70 heavy (non-hydrogen) atoms. The molecule has 364 valence electrons. The van der Waals surface area contributed by atoms with Gasteiger partial charge in [0.15, 0.2) is 22.8 Å². The van der Waals surface area contributed by atoms with Crippen molar-refractivity contribution in [1.29, 1.82) is 0 Å². The molecule has 4 aromatic carbocycles. The lowest BCUT2D eigenvalue weighted by atomic mass is 9.85. The maximum atomic E-state index is 15.1. The fourth-order valence-electron chi connectivity index (χ4n) is 10.5. The highest BCUT2D eigenvalue weighted by atomic mass is 35.5. The zero-order chi connectivity index (χ0) is 49.4. The normalized spacial score (nSPS) is 19.8. The topological polar surface area (TPSA) is 229 Å². The number of piperidine rings is 3. The van der Waals surface area contributed by atoms with Crippen molar-refractivity contribution in [3.8, 4) is 16.2 Å². The molecule has 0 spiro atoms. The van der Waals surface area contributed by atoms with Crippen molar-refractivity contribution in [3.05, 3.63) is 99.1 Å². The predicted molar refractivity (Wildman–Crippen MR) is 260 cm³/mol. The molecule has 0 radical (unpaired) electrons. The minimum absolute atomic E-state index is 0.157. The third-order valence-electron chi connectivity index (χ3n) is 13.6. The number of hydrogen-bond acceptors (Lipinski definition) is 13. The van der Waals surface area contributed by atoms with E-state index in [1.807, 2.05) is 38.1 Å². The molecule has 2 aromatic heterocycles. The van der Waals surface area contributed by atoms with Gasteiger partial charge in [-0.2, -0.15) is 9.29 Å². The number of oxazole rings is 1. The molecule has 3 saturated heterocycles. The van der Waals surface area contributed by atoms with E-state index >= 15 is 4.39 Å². The highest BCUT2D eigenvalue weighted by molar-refractivity contribution is 7.88. The first-order valence-electron chi connectivity index (χ1n) is 22.7. The van der Waals surface area contributed by atoms with Gasteiger partial charge in [-0.3, -0.25) is 24.6 Å². The van der Waals surface area contributed by atoms with Crippen molar-refractivity contribution in [3.63, 3.8) is 0 Å². The van der Waals surface area contributed by atoms with Crippen LogP contribution in [0.4, 0.5) is 21.8 Å². The zero-order valence-electron chi connectivity index (χ0n) is 37.8. The summed E-state index contributed by atoms with van der Waals surface area (Å²) in [7, 11) is -3.85. The van der Waals surface area contributed by atoms with Crippen LogP contribution in [-0.2, 0) is 30.2 Å². The zero-order valence-corrected chi connectivity index (χ0v) is 40.2. The maximum absolute atomic E-state index is 15.1. The number of aromatic carboxylic acids is 1. The molecular formula is C49H46ClFN6O11S2. The van der Waals surface area contributed by atoms with Gasteiger partial charge in [0.2, 0.25) is 21.8 Å². The van der Waals surface area contributed by atoms with E-state index in [0.717, 1.165) is 40.5 Å². The second-order valence-electron chi connectivity index (χ2n) is 18.7. The largest absolute Gasteiger partial charge is 0.479 e. The van der Waals surface area contributed by atoms with Crippen LogP contribution in [0.5, 0.6) is 5.75 Å². The van der Waals surface area contributed by atoms with E-state index in [9.17, 15) is 37.5 Å². The molecule has 10 rings (SSSR count). The van der Waals surface area contributed by atoms with Crippen molar-refractivity contribution in [2.24, 2.45) is 0 Å². The summed E-state index contributed by atoms with van der Waals surface area (Å²) in [5.41, 5.74) is 3.71. The molecule has 6 heterocycles. The van der Waals surface area contributed by atoms with E-state index in [4.69, 9.17) is 30.8 Å². The third-order valence-corrected chi connectivity index (χ3v) is 17.3. The first-order chi connectivity index (χ1) is 33.3. The number of carbonyl (C=O) groups excluding carboxylic acids is 3. The smallest absolute Gasteiger partial charge is 0.349 e. The van der Waals surface area contributed by atoms with Crippen LogP contribution in [0.25, 0.3) is 32.3 Å². The van der Waals surface area contributed by atoms with Gasteiger partial charge in [-0.1, -0.05) is 35.9 Å². The van der Waals surface area contributed by atoms with Crippen LogP contribution in [0.3, 0.4) is 0 Å².